The average Bonchev–Trinajstić information content (AvgIpc) is 2.85. The first-order chi connectivity index (χ1) is 11.7. The van der Waals surface area contributed by atoms with Crippen LogP contribution in [0.25, 0.3) is 0 Å². The number of hydrogen-bond acceptors (Lipinski definition) is 6. The summed E-state index contributed by atoms with van der Waals surface area (Å²) in [6.45, 7) is 5.73. The normalized spacial score (nSPS) is 20.6. The van der Waals surface area contributed by atoms with Gasteiger partial charge in [0.2, 0.25) is 16.1 Å². The molecule has 0 bridgehead atoms. The number of esters is 2. The number of sulfonamides is 1. The molecule has 1 heterocycles. The van der Waals surface area contributed by atoms with E-state index in [1.54, 1.807) is 20.8 Å². The Labute approximate surface area is 151 Å². The molecule has 0 N–H and O–H groups in total. The predicted molar refractivity (Wildman–Crippen MR) is 90.9 cm³/mol. The van der Waals surface area contributed by atoms with Gasteiger partial charge < -0.3 is 9.47 Å². The van der Waals surface area contributed by atoms with E-state index in [1.807, 2.05) is 0 Å². The van der Waals surface area contributed by atoms with Gasteiger partial charge in [-0.15, -0.1) is 0 Å². The van der Waals surface area contributed by atoms with E-state index in [0.29, 0.717) is 13.1 Å². The van der Waals surface area contributed by atoms with Crippen molar-refractivity contribution in [3.05, 3.63) is 28.8 Å². The molecule has 0 radical (unpaired) electrons. The highest BCUT2D eigenvalue weighted by Gasteiger charge is 2.36. The molecule has 1 aromatic carbocycles. The van der Waals surface area contributed by atoms with Crippen LogP contribution in [0.5, 0.6) is 0 Å². The molecule has 2 rings (SSSR count). The van der Waals surface area contributed by atoms with Crippen LogP contribution in [-0.2, 0) is 24.3 Å². The maximum atomic E-state index is 12.6. The van der Waals surface area contributed by atoms with Gasteiger partial charge in [0.25, 0.3) is 0 Å². The molecule has 7 nitrogen and oxygen atoms in total. The van der Waals surface area contributed by atoms with Crippen LogP contribution in [0.15, 0.2) is 23.1 Å². The number of carbonyl (C=O) groups excluding carboxylic acids is 2. The van der Waals surface area contributed by atoms with Crippen molar-refractivity contribution < 1.29 is 27.5 Å². The Morgan fingerprint density at radius 1 is 1.36 bits per heavy atom. The minimum absolute atomic E-state index is 0.0444. The summed E-state index contributed by atoms with van der Waals surface area (Å²) in [5, 5.41) is 0.0444. The summed E-state index contributed by atoms with van der Waals surface area (Å²) in [7, 11) is -3.75. The number of cyclic esters (lactones) is 1. The van der Waals surface area contributed by atoms with Crippen molar-refractivity contribution in [3.8, 4) is 0 Å². The molecule has 0 aromatic heterocycles. The van der Waals surface area contributed by atoms with E-state index in [1.165, 1.54) is 22.5 Å². The van der Waals surface area contributed by atoms with Crippen LogP contribution in [0.1, 0.15) is 37.6 Å². The Morgan fingerprint density at radius 2 is 2.00 bits per heavy atom. The summed E-state index contributed by atoms with van der Waals surface area (Å²) in [5.41, 5.74) is -0.109. The van der Waals surface area contributed by atoms with Crippen LogP contribution in [0.3, 0.4) is 0 Å². The summed E-state index contributed by atoms with van der Waals surface area (Å²) in [4.78, 5) is 23.9. The van der Waals surface area contributed by atoms with Gasteiger partial charge in [-0.2, -0.15) is 4.31 Å². The zero-order chi connectivity index (χ0) is 18.8. The van der Waals surface area contributed by atoms with Gasteiger partial charge in [0.1, 0.15) is 6.10 Å². The number of nitrogens with zero attached hydrogens (tertiary/aromatic N) is 1. The Kier molecular flexibility index (Phi) is 6.08. The van der Waals surface area contributed by atoms with E-state index in [-0.39, 0.29) is 28.0 Å². The smallest absolute Gasteiger partial charge is 0.347 e. The molecule has 0 unspecified atom stereocenters. The molecule has 0 saturated carbocycles. The first-order valence-corrected chi connectivity index (χ1v) is 9.73. The van der Waals surface area contributed by atoms with Crippen molar-refractivity contribution in [1.29, 1.82) is 0 Å². The van der Waals surface area contributed by atoms with Gasteiger partial charge in [-0.3, -0.25) is 0 Å². The number of carbonyl (C=O) groups is 2. The van der Waals surface area contributed by atoms with Crippen molar-refractivity contribution in [2.45, 2.75) is 44.3 Å². The maximum absolute atomic E-state index is 12.6. The number of hydrogen-bond donors (Lipinski definition) is 0. The first-order valence-electron chi connectivity index (χ1n) is 7.91. The maximum Gasteiger partial charge on any atom is 0.347 e. The Hall–Kier alpha value is -1.64. The first kappa shape index (κ1) is 19.7. The van der Waals surface area contributed by atoms with E-state index >= 15 is 0 Å². The standard InChI is InChI=1S/C16H20ClNO6S/c1-4-18(5-2)25(21,22)11-6-7-13(17)12(9-11)15(19)24-14-8-10(3)23-16(14)20/h6-7,9-10,14H,4-5,8H2,1-3H3/t10-,14+/m0/s1. The molecule has 1 saturated heterocycles. The number of benzene rings is 1. The average molecular weight is 390 g/mol. The third-order valence-electron chi connectivity index (χ3n) is 3.88. The molecular weight excluding hydrogens is 370 g/mol. The largest absolute Gasteiger partial charge is 0.460 e. The summed E-state index contributed by atoms with van der Waals surface area (Å²) in [6.07, 6.45) is -1.10. The lowest BCUT2D eigenvalue weighted by molar-refractivity contribution is -0.147. The van der Waals surface area contributed by atoms with Crippen LogP contribution >= 0.6 is 11.6 Å². The third-order valence-corrected chi connectivity index (χ3v) is 6.25. The molecule has 1 aliphatic heterocycles. The van der Waals surface area contributed by atoms with Crippen molar-refractivity contribution in [3.63, 3.8) is 0 Å². The van der Waals surface area contributed by atoms with Crippen molar-refractivity contribution in [2.24, 2.45) is 0 Å². The zero-order valence-electron chi connectivity index (χ0n) is 14.2. The SMILES string of the molecule is CCN(CC)S(=O)(=O)c1ccc(Cl)c(C(=O)O[C@@H]2C[C@H](C)OC2=O)c1. The Balaban J connectivity index is 2.30. The highest BCUT2D eigenvalue weighted by molar-refractivity contribution is 7.89. The molecule has 0 spiro atoms. The van der Waals surface area contributed by atoms with Crippen LogP contribution in [0.2, 0.25) is 5.02 Å². The fourth-order valence-electron chi connectivity index (χ4n) is 2.54. The van der Waals surface area contributed by atoms with Gasteiger partial charge in [0.15, 0.2) is 0 Å². The highest BCUT2D eigenvalue weighted by atomic mass is 35.5. The summed E-state index contributed by atoms with van der Waals surface area (Å²) >= 11 is 6.01. The Bertz CT molecular complexity index is 775. The second-order valence-electron chi connectivity index (χ2n) is 5.61. The van der Waals surface area contributed by atoms with E-state index < -0.39 is 28.1 Å². The van der Waals surface area contributed by atoms with Gasteiger partial charge >= 0.3 is 11.9 Å². The lowest BCUT2D eigenvalue weighted by Crippen LogP contribution is -2.30. The fraction of sp³-hybridized carbons (Fsp3) is 0.500. The van der Waals surface area contributed by atoms with Crippen LogP contribution in [0, 0.1) is 0 Å². The minimum Gasteiger partial charge on any atom is -0.460 e. The van der Waals surface area contributed by atoms with E-state index in [4.69, 9.17) is 21.1 Å². The molecule has 9 heteroatoms. The minimum atomic E-state index is -3.75. The van der Waals surface area contributed by atoms with E-state index in [9.17, 15) is 18.0 Å². The number of halogens is 1. The molecule has 25 heavy (non-hydrogen) atoms. The van der Waals surface area contributed by atoms with Gasteiger partial charge in [0, 0.05) is 19.5 Å². The molecule has 2 atom stereocenters. The summed E-state index contributed by atoms with van der Waals surface area (Å²) in [6, 6.07) is 3.82. The van der Waals surface area contributed by atoms with Gasteiger partial charge in [-0.25, -0.2) is 18.0 Å². The number of ether oxygens (including phenoxy) is 2. The molecule has 1 fully saturated rings. The van der Waals surface area contributed by atoms with Gasteiger partial charge in [0.05, 0.1) is 15.5 Å². The van der Waals surface area contributed by atoms with Crippen molar-refractivity contribution in [2.75, 3.05) is 13.1 Å². The monoisotopic (exact) mass is 389 g/mol. The second-order valence-corrected chi connectivity index (χ2v) is 7.95. The molecule has 138 valence electrons. The lowest BCUT2D eigenvalue weighted by atomic mass is 10.2. The van der Waals surface area contributed by atoms with Crippen LogP contribution in [-0.4, -0.2) is 50.0 Å². The molecule has 1 aromatic rings. The molecule has 0 aliphatic carbocycles. The quantitative estimate of drug-likeness (QED) is 0.693. The summed E-state index contributed by atoms with van der Waals surface area (Å²) in [5.74, 6) is -1.48. The molecule has 0 amide bonds. The van der Waals surface area contributed by atoms with Gasteiger partial charge in [-0.1, -0.05) is 25.4 Å². The van der Waals surface area contributed by atoms with E-state index in [2.05, 4.69) is 0 Å². The zero-order valence-corrected chi connectivity index (χ0v) is 15.8. The summed E-state index contributed by atoms with van der Waals surface area (Å²) < 4.78 is 36.5. The topological polar surface area (TPSA) is 90.0 Å². The molecular formula is C16H20ClNO6S. The third kappa shape index (κ3) is 4.13. The van der Waals surface area contributed by atoms with Crippen LogP contribution in [0.4, 0.5) is 0 Å². The predicted octanol–water partition coefficient (Wildman–Crippen LogP) is 2.23. The van der Waals surface area contributed by atoms with Gasteiger partial charge in [-0.05, 0) is 25.1 Å². The van der Waals surface area contributed by atoms with Crippen molar-refractivity contribution in [1.82, 2.24) is 4.31 Å². The molecule has 1 aliphatic rings. The number of rotatable bonds is 6. The van der Waals surface area contributed by atoms with Crippen molar-refractivity contribution >= 4 is 33.6 Å². The second kappa shape index (κ2) is 7.72. The fourth-order valence-corrected chi connectivity index (χ4v) is 4.22. The lowest BCUT2D eigenvalue weighted by Gasteiger charge is -2.19. The Morgan fingerprint density at radius 3 is 2.52 bits per heavy atom. The highest BCUT2D eigenvalue weighted by Crippen LogP contribution is 2.25. The van der Waals surface area contributed by atoms with Crippen LogP contribution < -0.4 is 0 Å². The van der Waals surface area contributed by atoms with E-state index in [0.717, 1.165) is 0 Å².